The Bertz CT molecular complexity index is 565. The first-order valence-corrected chi connectivity index (χ1v) is 7.82. The van der Waals surface area contributed by atoms with E-state index in [0.717, 1.165) is 24.0 Å². The SMILES string of the molecule is CCCn1ncc(Br)c1C(NCC)c1cncc(C)c1. The summed E-state index contributed by atoms with van der Waals surface area (Å²) in [5.74, 6) is 0. The van der Waals surface area contributed by atoms with Crippen LogP contribution in [0.3, 0.4) is 0 Å². The van der Waals surface area contributed by atoms with Crippen LogP contribution in [0.25, 0.3) is 0 Å². The molecule has 2 aromatic heterocycles. The van der Waals surface area contributed by atoms with E-state index < -0.39 is 0 Å². The van der Waals surface area contributed by atoms with Gasteiger partial charge in [0.15, 0.2) is 0 Å². The highest BCUT2D eigenvalue weighted by atomic mass is 79.9. The van der Waals surface area contributed by atoms with Gasteiger partial charge in [-0.05, 0) is 46.9 Å². The van der Waals surface area contributed by atoms with Crippen molar-refractivity contribution in [3.63, 3.8) is 0 Å². The summed E-state index contributed by atoms with van der Waals surface area (Å²) >= 11 is 3.63. The lowest BCUT2D eigenvalue weighted by atomic mass is 10.0. The van der Waals surface area contributed by atoms with Crippen LogP contribution in [0, 0.1) is 6.92 Å². The molecule has 4 nitrogen and oxygen atoms in total. The van der Waals surface area contributed by atoms with E-state index in [1.165, 1.54) is 16.8 Å². The third-order valence-electron chi connectivity index (χ3n) is 3.18. The highest BCUT2D eigenvalue weighted by molar-refractivity contribution is 9.10. The molecule has 0 aliphatic heterocycles. The molecule has 2 heterocycles. The molecule has 0 aliphatic rings. The Labute approximate surface area is 128 Å². The summed E-state index contributed by atoms with van der Waals surface area (Å²) in [6, 6.07) is 2.28. The van der Waals surface area contributed by atoms with Crippen LogP contribution in [0.4, 0.5) is 0 Å². The average Bonchev–Trinajstić information content (AvgIpc) is 2.78. The average molecular weight is 337 g/mol. The minimum absolute atomic E-state index is 0.107. The van der Waals surface area contributed by atoms with Crippen molar-refractivity contribution in [1.29, 1.82) is 0 Å². The van der Waals surface area contributed by atoms with Crippen molar-refractivity contribution in [3.8, 4) is 0 Å². The highest BCUT2D eigenvalue weighted by Gasteiger charge is 2.21. The van der Waals surface area contributed by atoms with Gasteiger partial charge in [-0.25, -0.2) is 0 Å². The van der Waals surface area contributed by atoms with Gasteiger partial charge in [0, 0.05) is 18.9 Å². The fourth-order valence-electron chi connectivity index (χ4n) is 2.36. The van der Waals surface area contributed by atoms with Gasteiger partial charge in [0.2, 0.25) is 0 Å². The van der Waals surface area contributed by atoms with E-state index in [1.807, 2.05) is 18.6 Å². The molecule has 0 saturated heterocycles. The van der Waals surface area contributed by atoms with Crippen LogP contribution in [0.5, 0.6) is 0 Å². The molecule has 0 amide bonds. The largest absolute Gasteiger partial charge is 0.305 e. The molecule has 2 aromatic rings. The Kier molecular flexibility index (Phi) is 5.31. The third kappa shape index (κ3) is 3.27. The maximum absolute atomic E-state index is 4.47. The molecular formula is C15H21BrN4. The lowest BCUT2D eigenvalue weighted by Crippen LogP contribution is -2.25. The lowest BCUT2D eigenvalue weighted by Gasteiger charge is -2.20. The predicted octanol–water partition coefficient (Wildman–Crippen LogP) is 3.46. The fourth-order valence-corrected chi connectivity index (χ4v) is 2.89. The molecule has 0 saturated carbocycles. The number of halogens is 1. The van der Waals surface area contributed by atoms with Crippen molar-refractivity contribution in [2.24, 2.45) is 0 Å². The van der Waals surface area contributed by atoms with E-state index in [1.54, 1.807) is 0 Å². The normalized spacial score (nSPS) is 12.6. The van der Waals surface area contributed by atoms with Crippen molar-refractivity contribution >= 4 is 15.9 Å². The molecule has 1 N–H and O–H groups in total. The number of hydrogen-bond donors (Lipinski definition) is 1. The number of hydrogen-bond acceptors (Lipinski definition) is 3. The van der Waals surface area contributed by atoms with Gasteiger partial charge >= 0.3 is 0 Å². The van der Waals surface area contributed by atoms with Crippen LogP contribution in [0.15, 0.2) is 29.1 Å². The van der Waals surface area contributed by atoms with Crippen molar-refractivity contribution in [2.75, 3.05) is 6.54 Å². The zero-order valence-corrected chi connectivity index (χ0v) is 13.8. The quantitative estimate of drug-likeness (QED) is 0.878. The van der Waals surface area contributed by atoms with Gasteiger partial charge in [0.05, 0.1) is 22.4 Å². The molecule has 0 spiro atoms. The van der Waals surface area contributed by atoms with Crippen LogP contribution in [-0.4, -0.2) is 21.3 Å². The Balaban J connectivity index is 2.45. The minimum Gasteiger partial charge on any atom is -0.305 e. The van der Waals surface area contributed by atoms with E-state index in [0.29, 0.717) is 0 Å². The molecule has 20 heavy (non-hydrogen) atoms. The van der Waals surface area contributed by atoms with Crippen molar-refractivity contribution in [2.45, 2.75) is 39.8 Å². The van der Waals surface area contributed by atoms with Gasteiger partial charge in [-0.2, -0.15) is 5.10 Å². The summed E-state index contributed by atoms with van der Waals surface area (Å²) in [5, 5.41) is 8.00. The first-order chi connectivity index (χ1) is 9.67. The van der Waals surface area contributed by atoms with Gasteiger partial charge in [-0.1, -0.05) is 19.9 Å². The van der Waals surface area contributed by atoms with E-state index >= 15 is 0 Å². The highest BCUT2D eigenvalue weighted by Crippen LogP contribution is 2.28. The van der Waals surface area contributed by atoms with Crippen LogP contribution in [0.1, 0.15) is 43.1 Å². The number of aromatic nitrogens is 3. The molecule has 0 fully saturated rings. The van der Waals surface area contributed by atoms with Gasteiger partial charge < -0.3 is 5.32 Å². The molecule has 0 aromatic carbocycles. The topological polar surface area (TPSA) is 42.7 Å². The van der Waals surface area contributed by atoms with Gasteiger partial charge in [0.25, 0.3) is 0 Å². The first kappa shape index (κ1) is 15.2. The molecule has 0 aliphatic carbocycles. The number of rotatable bonds is 6. The second-order valence-electron chi connectivity index (χ2n) is 4.89. The van der Waals surface area contributed by atoms with Gasteiger partial charge in [-0.15, -0.1) is 0 Å². The summed E-state index contributed by atoms with van der Waals surface area (Å²) in [6.45, 7) is 8.16. The Hall–Kier alpha value is -1.20. The van der Waals surface area contributed by atoms with Crippen LogP contribution in [-0.2, 0) is 6.54 Å². The monoisotopic (exact) mass is 336 g/mol. The molecule has 1 unspecified atom stereocenters. The van der Waals surface area contributed by atoms with Crippen molar-refractivity contribution < 1.29 is 0 Å². The maximum atomic E-state index is 4.47. The maximum Gasteiger partial charge on any atom is 0.0774 e. The van der Waals surface area contributed by atoms with E-state index in [2.05, 4.69) is 62.8 Å². The predicted molar refractivity (Wildman–Crippen MR) is 84.7 cm³/mol. The van der Waals surface area contributed by atoms with E-state index in [4.69, 9.17) is 0 Å². The smallest absolute Gasteiger partial charge is 0.0774 e. The summed E-state index contributed by atoms with van der Waals surface area (Å²) in [6.07, 6.45) is 6.74. The molecule has 0 radical (unpaired) electrons. The van der Waals surface area contributed by atoms with Crippen LogP contribution < -0.4 is 5.32 Å². The number of nitrogens with one attached hydrogen (secondary N) is 1. The first-order valence-electron chi connectivity index (χ1n) is 7.03. The Morgan fingerprint density at radius 3 is 2.75 bits per heavy atom. The number of nitrogens with zero attached hydrogens (tertiary/aromatic N) is 3. The van der Waals surface area contributed by atoms with E-state index in [9.17, 15) is 0 Å². The lowest BCUT2D eigenvalue weighted by molar-refractivity contribution is 0.518. The molecule has 2 rings (SSSR count). The van der Waals surface area contributed by atoms with Crippen molar-refractivity contribution in [1.82, 2.24) is 20.1 Å². The van der Waals surface area contributed by atoms with E-state index in [-0.39, 0.29) is 6.04 Å². The Morgan fingerprint density at radius 1 is 1.30 bits per heavy atom. The van der Waals surface area contributed by atoms with Gasteiger partial charge in [0.1, 0.15) is 0 Å². The second kappa shape index (κ2) is 6.99. The zero-order valence-electron chi connectivity index (χ0n) is 12.2. The number of pyridine rings is 1. The molecular weight excluding hydrogens is 316 g/mol. The second-order valence-corrected chi connectivity index (χ2v) is 5.74. The minimum atomic E-state index is 0.107. The molecule has 5 heteroatoms. The summed E-state index contributed by atoms with van der Waals surface area (Å²) in [4.78, 5) is 4.32. The summed E-state index contributed by atoms with van der Waals surface area (Å²) in [7, 11) is 0. The number of aryl methyl sites for hydroxylation is 2. The standard InChI is InChI=1S/C15H21BrN4/c1-4-6-20-15(13(16)10-19-20)14(18-5-2)12-7-11(3)8-17-9-12/h7-10,14,18H,4-6H2,1-3H3. The summed E-state index contributed by atoms with van der Waals surface area (Å²) in [5.41, 5.74) is 3.51. The molecule has 0 bridgehead atoms. The summed E-state index contributed by atoms with van der Waals surface area (Å²) < 4.78 is 3.11. The third-order valence-corrected chi connectivity index (χ3v) is 3.79. The van der Waals surface area contributed by atoms with Crippen molar-refractivity contribution in [3.05, 3.63) is 46.0 Å². The van der Waals surface area contributed by atoms with Crippen LogP contribution in [0.2, 0.25) is 0 Å². The van der Waals surface area contributed by atoms with Gasteiger partial charge in [-0.3, -0.25) is 9.67 Å². The zero-order chi connectivity index (χ0) is 14.5. The van der Waals surface area contributed by atoms with Crippen LogP contribution >= 0.6 is 15.9 Å². The molecule has 108 valence electrons. The fraction of sp³-hybridized carbons (Fsp3) is 0.467. The molecule has 1 atom stereocenters. The Morgan fingerprint density at radius 2 is 2.10 bits per heavy atom.